The lowest BCUT2D eigenvalue weighted by Gasteiger charge is -2.36. The number of aldehydes is 1. The van der Waals surface area contributed by atoms with Gasteiger partial charge in [-0.2, -0.15) is 0 Å². The van der Waals surface area contributed by atoms with Gasteiger partial charge in [-0.1, -0.05) is 127 Å². The van der Waals surface area contributed by atoms with E-state index < -0.39 is 0 Å². The Hall–Kier alpha value is -2.48. The van der Waals surface area contributed by atoms with E-state index >= 15 is 0 Å². The molecule has 3 aliphatic carbocycles. The number of rotatable bonds is 9. The van der Waals surface area contributed by atoms with Crippen LogP contribution in [0.15, 0.2) is 18.7 Å². The molecule has 8 heteroatoms. The Labute approximate surface area is 343 Å². The number of ether oxygens (including phenoxy) is 1. The molecule has 320 valence electrons. The minimum atomic E-state index is -0.269. The van der Waals surface area contributed by atoms with Crippen molar-refractivity contribution in [3.63, 3.8) is 0 Å². The summed E-state index contributed by atoms with van der Waals surface area (Å²) < 4.78 is 4.65. The third-order valence-corrected chi connectivity index (χ3v) is 12.1. The molecule has 1 saturated heterocycles. The molecule has 0 atom stereocenters. The van der Waals surface area contributed by atoms with Gasteiger partial charge < -0.3 is 19.7 Å². The average molecular weight is 791 g/mol. The van der Waals surface area contributed by atoms with Crippen molar-refractivity contribution in [2.75, 3.05) is 20.7 Å². The first-order chi connectivity index (χ1) is 26.4. The quantitative estimate of drug-likeness (QED) is 0.199. The predicted molar refractivity (Wildman–Crippen MR) is 238 cm³/mol. The van der Waals surface area contributed by atoms with Gasteiger partial charge in [0.2, 0.25) is 12.3 Å². The second-order valence-electron chi connectivity index (χ2n) is 15.9. The molecule has 1 aliphatic heterocycles. The summed E-state index contributed by atoms with van der Waals surface area (Å²) in [6.45, 7) is 26.4. The highest BCUT2D eigenvalue weighted by Crippen LogP contribution is 2.43. The number of thiophene rings is 1. The van der Waals surface area contributed by atoms with Gasteiger partial charge in [0.05, 0.1) is 7.11 Å². The van der Waals surface area contributed by atoms with Crippen LogP contribution in [0.2, 0.25) is 0 Å². The second kappa shape index (κ2) is 33.6. The topological polar surface area (TPSA) is 92.8 Å². The van der Waals surface area contributed by atoms with Crippen LogP contribution in [0.5, 0.6) is 0 Å². The lowest BCUT2D eigenvalue weighted by atomic mass is 9.72. The maximum atomic E-state index is 11.5. The summed E-state index contributed by atoms with van der Waals surface area (Å²) in [5.41, 5.74) is 1.32. The van der Waals surface area contributed by atoms with Gasteiger partial charge in [-0.05, 0) is 98.2 Å². The summed E-state index contributed by atoms with van der Waals surface area (Å²) >= 11 is 1.45. The van der Waals surface area contributed by atoms with Crippen LogP contribution in [0.1, 0.15) is 199 Å². The number of allylic oxidation sites excluding steroid dienone is 1. The molecule has 55 heavy (non-hydrogen) atoms. The van der Waals surface area contributed by atoms with E-state index in [-0.39, 0.29) is 17.3 Å². The van der Waals surface area contributed by atoms with Gasteiger partial charge in [-0.15, -0.1) is 11.3 Å². The molecule has 2 heterocycles. The van der Waals surface area contributed by atoms with Gasteiger partial charge in [0, 0.05) is 37.4 Å². The van der Waals surface area contributed by atoms with Crippen molar-refractivity contribution in [1.29, 1.82) is 0 Å². The zero-order valence-corrected chi connectivity index (χ0v) is 38.6. The molecule has 0 bridgehead atoms. The van der Waals surface area contributed by atoms with Crippen LogP contribution in [0.25, 0.3) is 5.57 Å². The highest BCUT2D eigenvalue weighted by Gasteiger charge is 2.43. The maximum absolute atomic E-state index is 11.5. The van der Waals surface area contributed by atoms with Crippen molar-refractivity contribution in [3.8, 4) is 0 Å². The highest BCUT2D eigenvalue weighted by atomic mass is 32.1. The molecular weight excluding hydrogens is 705 g/mol. The molecule has 1 aromatic heterocycles. The van der Waals surface area contributed by atoms with Crippen molar-refractivity contribution >= 4 is 41.5 Å². The number of carbonyl (C=O) groups is 4. The van der Waals surface area contributed by atoms with E-state index in [1.165, 1.54) is 76.2 Å². The van der Waals surface area contributed by atoms with Crippen molar-refractivity contribution < 1.29 is 23.9 Å². The summed E-state index contributed by atoms with van der Waals surface area (Å²) in [5.74, 6) is 3.67. The number of methoxy groups -OCH3 is 1. The first kappa shape index (κ1) is 54.6. The molecule has 5 rings (SSSR count). The second-order valence-corrected chi connectivity index (χ2v) is 17.0. The number of nitrogens with zero attached hydrogens (tertiary/aromatic N) is 1. The molecule has 3 saturated carbocycles. The molecule has 0 aromatic carbocycles. The fourth-order valence-electron chi connectivity index (χ4n) is 7.31. The van der Waals surface area contributed by atoms with Crippen LogP contribution >= 0.6 is 11.3 Å². The Morgan fingerprint density at radius 3 is 1.75 bits per heavy atom. The van der Waals surface area contributed by atoms with Crippen LogP contribution in [0.4, 0.5) is 0 Å². The smallest absolute Gasteiger partial charge is 0.348 e. The molecule has 4 fully saturated rings. The number of likely N-dealkylation sites (tertiary alicyclic amines) is 1. The number of hydrogen-bond donors (Lipinski definition) is 1. The number of hydrogen-bond acceptors (Lipinski definition) is 6. The van der Waals surface area contributed by atoms with E-state index in [1.807, 2.05) is 45.7 Å². The summed E-state index contributed by atoms with van der Waals surface area (Å²) in [6, 6.07) is 4.06. The van der Waals surface area contributed by atoms with Crippen LogP contribution in [0, 0.1) is 29.1 Å². The van der Waals surface area contributed by atoms with Crippen molar-refractivity contribution in [1.82, 2.24) is 10.2 Å². The monoisotopic (exact) mass is 791 g/mol. The van der Waals surface area contributed by atoms with Crippen LogP contribution < -0.4 is 5.32 Å². The van der Waals surface area contributed by atoms with E-state index in [4.69, 9.17) is 0 Å². The lowest BCUT2D eigenvalue weighted by Crippen LogP contribution is -2.38. The molecule has 1 aromatic rings. The molecule has 1 N–H and O–H groups in total. The van der Waals surface area contributed by atoms with Gasteiger partial charge in [0.25, 0.3) is 0 Å². The fraction of sp³-hybridized carbons (Fsp3) is 0.787. The molecule has 7 nitrogen and oxygen atoms in total. The van der Waals surface area contributed by atoms with Crippen LogP contribution in [0.3, 0.4) is 0 Å². The zero-order chi connectivity index (χ0) is 42.2. The third-order valence-electron chi connectivity index (χ3n) is 10.9. The van der Waals surface area contributed by atoms with Gasteiger partial charge in [-0.25, -0.2) is 4.79 Å². The molecule has 2 amide bonds. The molecule has 0 unspecified atom stereocenters. The first-order valence-corrected chi connectivity index (χ1v) is 22.9. The first-order valence-electron chi connectivity index (χ1n) is 22.1. The number of unbranched alkanes of at least 4 members (excludes halogenated alkanes) is 1. The van der Waals surface area contributed by atoms with E-state index in [2.05, 4.69) is 58.2 Å². The van der Waals surface area contributed by atoms with Crippen LogP contribution in [-0.4, -0.2) is 56.2 Å². The van der Waals surface area contributed by atoms with Crippen molar-refractivity contribution in [2.45, 2.75) is 191 Å². The molecule has 4 aliphatic rings. The number of nitrogens with one attached hydrogen (secondary N) is 1. The summed E-state index contributed by atoms with van der Waals surface area (Å²) in [6.07, 6.45) is 23.2. The number of carbonyl (C=O) groups excluding carboxylic acids is 4. The largest absolute Gasteiger partial charge is 0.465 e. The standard InChI is InChI=1S/C12H16O2S.C11H18N2O2.C9H16O.C8H16.C3H8.2C2H6/c1-4-5-6-9(2)10-7-8-11(15-10)12(13)14-3;1-13-7-11(6-10(13)15)4-2-9(3-5-11)12-8-14;1-8-2-4-9(5-3-8)6-7-10;1-7-3-5-8(2)6-4-7;1-3-2;2*1-2/h7-8H,2,4-6H2,1,3H3;8-9H,2-7H2,1H3,(H,12,14);7-9H,2-6H2,1H3;7-8H,3-6H2,1-2H3;3H2,1-2H3;2*1-2H3. The van der Waals surface area contributed by atoms with E-state index in [0.717, 1.165) is 98.8 Å². The van der Waals surface area contributed by atoms with Crippen molar-refractivity contribution in [2.24, 2.45) is 29.1 Å². The van der Waals surface area contributed by atoms with Crippen LogP contribution in [-0.2, 0) is 19.1 Å². The predicted octanol–water partition coefficient (Wildman–Crippen LogP) is 13.0. The fourth-order valence-corrected chi connectivity index (χ4v) is 8.23. The molecule has 0 radical (unpaired) electrons. The lowest BCUT2D eigenvalue weighted by molar-refractivity contribution is -0.126. The summed E-state index contributed by atoms with van der Waals surface area (Å²) in [4.78, 5) is 46.8. The minimum absolute atomic E-state index is 0.215. The minimum Gasteiger partial charge on any atom is -0.465 e. The Morgan fingerprint density at radius 2 is 1.35 bits per heavy atom. The van der Waals surface area contributed by atoms with Gasteiger partial charge in [0.15, 0.2) is 0 Å². The van der Waals surface area contributed by atoms with Gasteiger partial charge in [0.1, 0.15) is 11.2 Å². The van der Waals surface area contributed by atoms with E-state index in [1.54, 1.807) is 6.07 Å². The summed E-state index contributed by atoms with van der Waals surface area (Å²) in [7, 11) is 3.28. The molecular formula is C47H86N2O5S. The van der Waals surface area contributed by atoms with Crippen molar-refractivity contribution in [3.05, 3.63) is 28.5 Å². The van der Waals surface area contributed by atoms with E-state index in [0.29, 0.717) is 23.3 Å². The van der Waals surface area contributed by atoms with Gasteiger partial charge in [-0.3, -0.25) is 9.59 Å². The zero-order valence-electron chi connectivity index (χ0n) is 37.7. The Kier molecular flexibility index (Phi) is 33.4. The van der Waals surface area contributed by atoms with E-state index in [9.17, 15) is 19.2 Å². The molecule has 1 spiro atoms. The Bertz CT molecular complexity index is 1120. The summed E-state index contributed by atoms with van der Waals surface area (Å²) in [5, 5.41) is 2.83. The normalized spacial score (nSPS) is 25.0. The SMILES string of the molecule is C=C(CCCC)c1ccc(C(=O)OC)s1.CC.CC.CC1CCC(C)CC1.CC1CCC(CC=O)CC1.CCC.CN1CC2(CCC(NC=O)CC2)CC1=O. The maximum Gasteiger partial charge on any atom is 0.348 e. The average Bonchev–Trinajstić information content (AvgIpc) is 3.80. The number of amides is 2. The third kappa shape index (κ3) is 24.0. The Morgan fingerprint density at radius 1 is 0.873 bits per heavy atom. The van der Waals surface area contributed by atoms with Gasteiger partial charge >= 0.3 is 5.97 Å². The Balaban J connectivity index is 0. The number of esters is 1. The highest BCUT2D eigenvalue weighted by molar-refractivity contribution is 7.15.